The summed E-state index contributed by atoms with van der Waals surface area (Å²) in [5.74, 6) is 0.312. The van der Waals surface area contributed by atoms with Crippen molar-refractivity contribution >= 4 is 5.91 Å². The van der Waals surface area contributed by atoms with Gasteiger partial charge < -0.3 is 10.1 Å². The van der Waals surface area contributed by atoms with Crippen molar-refractivity contribution in [2.75, 3.05) is 13.2 Å². The van der Waals surface area contributed by atoms with Crippen LogP contribution in [-0.4, -0.2) is 39.9 Å². The monoisotopic (exact) mass is 342 g/mol. The lowest BCUT2D eigenvalue weighted by Crippen LogP contribution is -2.38. The molecule has 1 fully saturated rings. The van der Waals surface area contributed by atoms with Crippen molar-refractivity contribution < 1.29 is 9.53 Å². The minimum atomic E-state index is -0.0483. The Morgan fingerprint density at radius 1 is 1.40 bits per heavy atom. The second kappa shape index (κ2) is 6.96. The lowest BCUT2D eigenvalue weighted by molar-refractivity contribution is 0.00737. The molecule has 1 aliphatic rings. The van der Waals surface area contributed by atoms with Crippen molar-refractivity contribution in [2.45, 2.75) is 40.2 Å². The highest BCUT2D eigenvalue weighted by Gasteiger charge is 2.37. The van der Waals surface area contributed by atoms with Crippen molar-refractivity contribution in [1.29, 1.82) is 0 Å². The first-order valence-corrected chi connectivity index (χ1v) is 8.71. The van der Waals surface area contributed by atoms with Gasteiger partial charge in [0.15, 0.2) is 0 Å². The Morgan fingerprint density at radius 3 is 2.84 bits per heavy atom. The molecule has 2 heterocycles. The van der Waals surface area contributed by atoms with E-state index in [1.165, 1.54) is 6.33 Å². The van der Waals surface area contributed by atoms with Crippen LogP contribution in [0.15, 0.2) is 30.9 Å². The number of rotatable bonds is 4. The van der Waals surface area contributed by atoms with Crippen LogP contribution in [0.3, 0.4) is 0 Å². The molecule has 2 atom stereocenters. The van der Waals surface area contributed by atoms with E-state index in [-0.39, 0.29) is 17.4 Å². The molecule has 1 amide bonds. The first-order valence-electron chi connectivity index (χ1n) is 8.71. The maximum atomic E-state index is 12.5. The normalized spacial score (nSPS) is 20.6. The molecule has 0 aliphatic carbocycles. The summed E-state index contributed by atoms with van der Waals surface area (Å²) in [6, 6.07) is 5.61. The van der Waals surface area contributed by atoms with Crippen molar-refractivity contribution in [2.24, 2.45) is 11.3 Å². The Kier molecular flexibility index (Phi) is 4.90. The highest BCUT2D eigenvalue weighted by Crippen LogP contribution is 2.34. The largest absolute Gasteiger partial charge is 0.377 e. The van der Waals surface area contributed by atoms with Crippen LogP contribution < -0.4 is 5.32 Å². The van der Waals surface area contributed by atoms with E-state index in [1.54, 1.807) is 11.0 Å². The molecule has 1 N–H and O–H groups in total. The number of nitrogens with one attached hydrogen (secondary N) is 1. The van der Waals surface area contributed by atoms with Crippen molar-refractivity contribution in [1.82, 2.24) is 20.1 Å². The molecular weight excluding hydrogens is 316 g/mol. The molecule has 6 nitrogen and oxygen atoms in total. The quantitative estimate of drug-likeness (QED) is 0.927. The summed E-state index contributed by atoms with van der Waals surface area (Å²) in [7, 11) is 0. The smallest absolute Gasteiger partial charge is 0.251 e. The molecule has 25 heavy (non-hydrogen) atoms. The number of benzene rings is 1. The molecule has 1 saturated heterocycles. The van der Waals surface area contributed by atoms with E-state index >= 15 is 0 Å². The Morgan fingerprint density at radius 2 is 2.20 bits per heavy atom. The fourth-order valence-corrected chi connectivity index (χ4v) is 3.51. The Balaban J connectivity index is 1.65. The van der Waals surface area contributed by atoms with Gasteiger partial charge in [0, 0.05) is 24.6 Å². The third kappa shape index (κ3) is 3.90. The van der Waals surface area contributed by atoms with Crippen LogP contribution in [0.2, 0.25) is 0 Å². The maximum Gasteiger partial charge on any atom is 0.251 e. The summed E-state index contributed by atoms with van der Waals surface area (Å²) in [6.07, 6.45) is 4.32. The number of carbonyl (C=O) groups is 1. The first-order chi connectivity index (χ1) is 11.9. The van der Waals surface area contributed by atoms with Gasteiger partial charge in [-0.25, -0.2) is 9.67 Å². The van der Waals surface area contributed by atoms with Gasteiger partial charge in [-0.05, 0) is 42.5 Å². The van der Waals surface area contributed by atoms with Crippen LogP contribution in [0.1, 0.15) is 43.1 Å². The average molecular weight is 342 g/mol. The number of hydrogen-bond donors (Lipinski definition) is 1. The van der Waals surface area contributed by atoms with E-state index in [0.717, 1.165) is 24.3 Å². The number of carbonyl (C=O) groups excluding carboxylic acids is 1. The fourth-order valence-electron chi connectivity index (χ4n) is 3.51. The third-order valence-corrected chi connectivity index (χ3v) is 4.72. The highest BCUT2D eigenvalue weighted by atomic mass is 16.5. The number of amides is 1. The van der Waals surface area contributed by atoms with Crippen LogP contribution in [0.4, 0.5) is 0 Å². The Bertz CT molecular complexity index is 734. The maximum absolute atomic E-state index is 12.5. The molecule has 0 spiro atoms. The Hall–Kier alpha value is -2.21. The number of aromatic nitrogens is 3. The lowest BCUT2D eigenvalue weighted by atomic mass is 9.81. The number of ether oxygens (including phenoxy) is 1. The minimum Gasteiger partial charge on any atom is -0.377 e. The van der Waals surface area contributed by atoms with Gasteiger partial charge in [0.25, 0.3) is 5.91 Å². The van der Waals surface area contributed by atoms with Crippen molar-refractivity contribution in [3.8, 4) is 5.69 Å². The molecular formula is C19H26N4O2. The molecule has 0 unspecified atom stereocenters. The topological polar surface area (TPSA) is 69.0 Å². The Labute approximate surface area is 148 Å². The van der Waals surface area contributed by atoms with Crippen LogP contribution in [0.5, 0.6) is 0 Å². The molecule has 1 aliphatic heterocycles. The van der Waals surface area contributed by atoms with Gasteiger partial charge in [0.1, 0.15) is 12.7 Å². The number of nitrogens with zero attached hydrogens (tertiary/aromatic N) is 3. The molecule has 1 aromatic carbocycles. The molecule has 0 radical (unpaired) electrons. The van der Waals surface area contributed by atoms with Crippen LogP contribution in [0.25, 0.3) is 5.69 Å². The van der Waals surface area contributed by atoms with Gasteiger partial charge in [-0.2, -0.15) is 5.10 Å². The van der Waals surface area contributed by atoms with Gasteiger partial charge in [-0.1, -0.05) is 20.8 Å². The summed E-state index contributed by atoms with van der Waals surface area (Å²) in [5, 5.41) is 7.20. The van der Waals surface area contributed by atoms with E-state index in [4.69, 9.17) is 4.74 Å². The molecule has 134 valence electrons. The summed E-state index contributed by atoms with van der Waals surface area (Å²) >= 11 is 0. The van der Waals surface area contributed by atoms with E-state index in [2.05, 4.69) is 36.2 Å². The summed E-state index contributed by atoms with van der Waals surface area (Å²) in [5.41, 5.74) is 2.65. The second-order valence-corrected chi connectivity index (χ2v) is 7.76. The van der Waals surface area contributed by atoms with E-state index in [1.807, 2.05) is 25.1 Å². The number of hydrogen-bond acceptors (Lipinski definition) is 4. The van der Waals surface area contributed by atoms with Gasteiger partial charge in [0.05, 0.1) is 11.8 Å². The molecule has 1 aromatic heterocycles. The fraction of sp³-hybridized carbons (Fsp3) is 0.526. The molecule has 2 aromatic rings. The van der Waals surface area contributed by atoms with Crippen molar-refractivity contribution in [3.63, 3.8) is 0 Å². The molecule has 6 heteroatoms. The van der Waals surface area contributed by atoms with Gasteiger partial charge >= 0.3 is 0 Å². The van der Waals surface area contributed by atoms with Crippen LogP contribution in [-0.2, 0) is 4.74 Å². The van der Waals surface area contributed by atoms with Crippen LogP contribution in [0, 0.1) is 18.3 Å². The van der Waals surface area contributed by atoms with Crippen molar-refractivity contribution in [3.05, 3.63) is 42.0 Å². The predicted molar refractivity (Wildman–Crippen MR) is 95.7 cm³/mol. The summed E-state index contributed by atoms with van der Waals surface area (Å²) in [4.78, 5) is 16.5. The minimum absolute atomic E-state index is 0.0483. The van der Waals surface area contributed by atoms with Gasteiger partial charge in [-0.15, -0.1) is 0 Å². The highest BCUT2D eigenvalue weighted by molar-refractivity contribution is 5.94. The number of aryl methyl sites for hydroxylation is 1. The SMILES string of the molecule is Cc1cc(C(=O)NC[C@@H]2CCO[C@H]2C(C)(C)C)ccc1-n1cncn1. The zero-order chi connectivity index (χ0) is 18.0. The second-order valence-electron chi connectivity index (χ2n) is 7.76. The first kappa shape index (κ1) is 17.6. The van der Waals surface area contributed by atoms with E-state index in [0.29, 0.717) is 18.0 Å². The van der Waals surface area contributed by atoms with Gasteiger partial charge in [-0.3, -0.25) is 4.79 Å². The summed E-state index contributed by atoms with van der Waals surface area (Å²) in [6.45, 7) is 9.94. The molecule has 3 rings (SSSR count). The zero-order valence-electron chi connectivity index (χ0n) is 15.3. The standard InChI is InChI=1S/C19H26N4O2/c1-13-9-14(5-6-16(13)23-12-20-11-22-23)18(24)21-10-15-7-8-25-17(15)19(2,3)4/h5-6,9,11-12,15,17H,7-8,10H2,1-4H3,(H,21,24)/t15-,17+/m0/s1. The lowest BCUT2D eigenvalue weighted by Gasteiger charge is -2.31. The van der Waals surface area contributed by atoms with E-state index in [9.17, 15) is 4.79 Å². The molecule has 0 saturated carbocycles. The molecule has 0 bridgehead atoms. The summed E-state index contributed by atoms with van der Waals surface area (Å²) < 4.78 is 7.57. The zero-order valence-corrected chi connectivity index (χ0v) is 15.3. The predicted octanol–water partition coefficient (Wildman–Crippen LogP) is 2.76. The van der Waals surface area contributed by atoms with Gasteiger partial charge in [0.2, 0.25) is 0 Å². The van der Waals surface area contributed by atoms with E-state index < -0.39 is 0 Å². The third-order valence-electron chi connectivity index (χ3n) is 4.72. The van der Waals surface area contributed by atoms with Crippen LogP contribution >= 0.6 is 0 Å². The average Bonchev–Trinajstić information content (AvgIpc) is 3.23.